The van der Waals surface area contributed by atoms with Crippen LogP contribution in [0.1, 0.15) is 22.0 Å². The molecule has 3 aromatic rings. The van der Waals surface area contributed by atoms with Crippen molar-refractivity contribution < 1.29 is 9.21 Å². The second-order valence-electron chi connectivity index (χ2n) is 4.40. The van der Waals surface area contributed by atoms with E-state index >= 15 is 0 Å². The molecular formula is C16H12N2O2S. The molecule has 5 heteroatoms. The average Bonchev–Trinajstić information content (AvgIpc) is 3.15. The van der Waals surface area contributed by atoms with Crippen LogP contribution < -0.4 is 0 Å². The van der Waals surface area contributed by atoms with Crippen LogP contribution in [0.5, 0.6) is 0 Å². The van der Waals surface area contributed by atoms with E-state index < -0.39 is 0 Å². The van der Waals surface area contributed by atoms with Gasteiger partial charge in [0.1, 0.15) is 10.8 Å². The summed E-state index contributed by atoms with van der Waals surface area (Å²) in [6.07, 6.45) is 4.88. The van der Waals surface area contributed by atoms with Crippen molar-refractivity contribution in [2.45, 2.75) is 6.92 Å². The van der Waals surface area contributed by atoms with Gasteiger partial charge in [0.05, 0.1) is 11.4 Å². The normalized spacial score (nSPS) is 11.1. The molecule has 3 aromatic heterocycles. The van der Waals surface area contributed by atoms with Gasteiger partial charge in [-0.2, -0.15) is 0 Å². The maximum absolute atomic E-state index is 11.9. The smallest absolute Gasteiger partial charge is 0.221 e. The maximum atomic E-state index is 11.9. The van der Waals surface area contributed by atoms with Crippen LogP contribution in [-0.4, -0.2) is 15.8 Å². The molecule has 21 heavy (non-hydrogen) atoms. The molecule has 3 rings (SSSR count). The Hall–Kier alpha value is -2.53. The van der Waals surface area contributed by atoms with E-state index in [0.717, 1.165) is 22.2 Å². The van der Waals surface area contributed by atoms with Crippen molar-refractivity contribution in [1.82, 2.24) is 9.97 Å². The van der Waals surface area contributed by atoms with Crippen molar-refractivity contribution in [3.05, 3.63) is 65.2 Å². The Morgan fingerprint density at radius 2 is 2.19 bits per heavy atom. The Morgan fingerprint density at radius 3 is 2.90 bits per heavy atom. The molecule has 0 radical (unpaired) electrons. The van der Waals surface area contributed by atoms with Gasteiger partial charge in [0.2, 0.25) is 5.78 Å². The third kappa shape index (κ3) is 3.14. The highest BCUT2D eigenvalue weighted by Crippen LogP contribution is 2.22. The molecule has 0 atom stereocenters. The van der Waals surface area contributed by atoms with E-state index in [1.54, 1.807) is 31.3 Å². The van der Waals surface area contributed by atoms with Crippen molar-refractivity contribution in [1.29, 1.82) is 0 Å². The molecule has 0 unspecified atom stereocenters. The molecule has 0 aliphatic heterocycles. The zero-order chi connectivity index (χ0) is 14.7. The highest BCUT2D eigenvalue weighted by molar-refractivity contribution is 7.13. The minimum Gasteiger partial charge on any atom is -0.458 e. The van der Waals surface area contributed by atoms with E-state index in [0.29, 0.717) is 5.76 Å². The predicted octanol–water partition coefficient (Wildman–Crippen LogP) is 4.00. The van der Waals surface area contributed by atoms with E-state index in [1.807, 2.05) is 23.6 Å². The van der Waals surface area contributed by atoms with Gasteiger partial charge in [0.15, 0.2) is 5.76 Å². The quantitative estimate of drug-likeness (QED) is 0.539. The van der Waals surface area contributed by atoms with Gasteiger partial charge in [-0.1, -0.05) is 6.07 Å². The fourth-order valence-electron chi connectivity index (χ4n) is 1.78. The van der Waals surface area contributed by atoms with Crippen molar-refractivity contribution in [2.24, 2.45) is 0 Å². The number of pyridine rings is 1. The average molecular weight is 296 g/mol. The summed E-state index contributed by atoms with van der Waals surface area (Å²) >= 11 is 1.49. The predicted molar refractivity (Wildman–Crippen MR) is 82.2 cm³/mol. The number of rotatable bonds is 4. The minimum absolute atomic E-state index is 0.171. The number of hydrogen-bond donors (Lipinski definition) is 0. The number of carbonyl (C=O) groups excluding carboxylic acids is 1. The molecule has 0 spiro atoms. The second-order valence-corrected chi connectivity index (χ2v) is 5.26. The van der Waals surface area contributed by atoms with Crippen molar-refractivity contribution in [3.8, 4) is 10.7 Å². The van der Waals surface area contributed by atoms with Gasteiger partial charge in [0, 0.05) is 11.6 Å². The molecule has 0 fully saturated rings. The fourth-order valence-corrected chi connectivity index (χ4v) is 2.54. The van der Waals surface area contributed by atoms with E-state index in [-0.39, 0.29) is 5.78 Å². The Balaban J connectivity index is 1.75. The first-order chi connectivity index (χ1) is 10.2. The van der Waals surface area contributed by atoms with E-state index in [2.05, 4.69) is 9.97 Å². The Labute approximate surface area is 125 Å². The van der Waals surface area contributed by atoms with Crippen LogP contribution in [0, 0.1) is 6.92 Å². The summed E-state index contributed by atoms with van der Waals surface area (Å²) in [6.45, 7) is 1.81. The molecule has 0 saturated heterocycles. The zero-order valence-corrected chi connectivity index (χ0v) is 12.1. The first kappa shape index (κ1) is 13.5. The lowest BCUT2D eigenvalue weighted by Crippen LogP contribution is -1.90. The van der Waals surface area contributed by atoms with Crippen LogP contribution in [0.25, 0.3) is 16.8 Å². The first-order valence-electron chi connectivity index (χ1n) is 6.38. The number of allylic oxidation sites excluding steroid dienone is 1. The van der Waals surface area contributed by atoms with E-state index in [9.17, 15) is 4.79 Å². The van der Waals surface area contributed by atoms with Gasteiger partial charge in [-0.25, -0.2) is 4.98 Å². The third-order valence-electron chi connectivity index (χ3n) is 2.79. The largest absolute Gasteiger partial charge is 0.458 e. The summed E-state index contributed by atoms with van der Waals surface area (Å²) < 4.78 is 5.28. The summed E-state index contributed by atoms with van der Waals surface area (Å²) in [5, 5.41) is 2.72. The van der Waals surface area contributed by atoms with Gasteiger partial charge >= 0.3 is 0 Å². The Kier molecular flexibility index (Phi) is 3.75. The highest BCUT2D eigenvalue weighted by Gasteiger charge is 2.07. The number of aromatic nitrogens is 2. The topological polar surface area (TPSA) is 56.0 Å². The van der Waals surface area contributed by atoms with Crippen molar-refractivity contribution in [2.75, 3.05) is 0 Å². The summed E-state index contributed by atoms with van der Waals surface area (Å²) in [7, 11) is 0. The zero-order valence-electron chi connectivity index (χ0n) is 11.3. The molecular weight excluding hydrogens is 284 g/mol. The molecule has 3 heterocycles. The van der Waals surface area contributed by atoms with Crippen molar-refractivity contribution >= 4 is 23.2 Å². The molecule has 0 aliphatic carbocycles. The van der Waals surface area contributed by atoms with Gasteiger partial charge in [-0.15, -0.1) is 11.3 Å². The third-order valence-corrected chi connectivity index (χ3v) is 3.68. The van der Waals surface area contributed by atoms with Gasteiger partial charge in [-0.3, -0.25) is 9.78 Å². The molecule has 0 aliphatic rings. The van der Waals surface area contributed by atoms with Crippen LogP contribution in [0.3, 0.4) is 0 Å². The minimum atomic E-state index is -0.171. The lowest BCUT2D eigenvalue weighted by atomic mass is 10.2. The number of furan rings is 1. The van der Waals surface area contributed by atoms with Gasteiger partial charge < -0.3 is 4.42 Å². The van der Waals surface area contributed by atoms with Crippen LogP contribution >= 0.6 is 11.3 Å². The van der Waals surface area contributed by atoms with Crippen LogP contribution in [0.4, 0.5) is 0 Å². The summed E-state index contributed by atoms with van der Waals surface area (Å²) in [5.41, 5.74) is 1.56. The van der Waals surface area contributed by atoms with Crippen molar-refractivity contribution in [3.63, 3.8) is 0 Å². The monoisotopic (exact) mass is 296 g/mol. The van der Waals surface area contributed by atoms with Gasteiger partial charge in [0.25, 0.3) is 0 Å². The standard InChI is InChI=1S/C16H12N2O2S/c1-11-5-8-15(20-11)14(19)7-6-12-10-21-16(18-12)13-4-2-3-9-17-13/h2-10H,1H3. The van der Waals surface area contributed by atoms with Crippen LogP contribution in [-0.2, 0) is 0 Å². The summed E-state index contributed by atoms with van der Waals surface area (Å²) in [5.74, 6) is 0.886. The molecule has 4 nitrogen and oxygen atoms in total. The Bertz CT molecular complexity index is 787. The lowest BCUT2D eigenvalue weighted by molar-refractivity contribution is 0.102. The fraction of sp³-hybridized carbons (Fsp3) is 0.0625. The number of aryl methyl sites for hydroxylation is 1. The maximum Gasteiger partial charge on any atom is 0.221 e. The first-order valence-corrected chi connectivity index (χ1v) is 7.26. The van der Waals surface area contributed by atoms with Crippen LogP contribution in [0.2, 0.25) is 0 Å². The number of carbonyl (C=O) groups is 1. The number of nitrogens with zero attached hydrogens (tertiary/aromatic N) is 2. The number of hydrogen-bond acceptors (Lipinski definition) is 5. The Morgan fingerprint density at radius 1 is 1.29 bits per heavy atom. The van der Waals surface area contributed by atoms with E-state index in [4.69, 9.17) is 4.42 Å². The number of ketones is 1. The molecule has 0 amide bonds. The summed E-state index contributed by atoms with van der Waals surface area (Å²) in [4.78, 5) is 20.6. The molecule has 0 bridgehead atoms. The SMILES string of the molecule is Cc1ccc(C(=O)C=Cc2csc(-c3ccccn3)n2)o1. The number of thiazole rings is 1. The molecule has 104 valence electrons. The highest BCUT2D eigenvalue weighted by atomic mass is 32.1. The molecule has 0 aromatic carbocycles. The summed E-state index contributed by atoms with van der Waals surface area (Å²) in [6, 6.07) is 9.12. The lowest BCUT2D eigenvalue weighted by Gasteiger charge is -1.92. The molecule has 0 N–H and O–H groups in total. The van der Waals surface area contributed by atoms with Crippen LogP contribution in [0.15, 0.2) is 52.4 Å². The second kappa shape index (κ2) is 5.85. The van der Waals surface area contributed by atoms with Gasteiger partial charge in [-0.05, 0) is 43.3 Å². The van der Waals surface area contributed by atoms with E-state index in [1.165, 1.54) is 17.4 Å². The molecule has 0 saturated carbocycles.